The molecule has 0 spiro atoms. The maximum absolute atomic E-state index is 11.2. The van der Waals surface area contributed by atoms with E-state index in [9.17, 15) is 4.79 Å². The van der Waals surface area contributed by atoms with Gasteiger partial charge in [-0.1, -0.05) is 18.2 Å². The van der Waals surface area contributed by atoms with Crippen LogP contribution in [0.3, 0.4) is 0 Å². The van der Waals surface area contributed by atoms with Crippen molar-refractivity contribution in [2.24, 2.45) is 4.99 Å². The van der Waals surface area contributed by atoms with E-state index in [1.54, 1.807) is 0 Å². The fraction of sp³-hybridized carbons (Fsp3) is 0.348. The van der Waals surface area contributed by atoms with E-state index in [0.29, 0.717) is 24.3 Å². The van der Waals surface area contributed by atoms with Crippen molar-refractivity contribution >= 4 is 41.5 Å². The summed E-state index contributed by atoms with van der Waals surface area (Å²) in [5.74, 6) is 2.39. The summed E-state index contributed by atoms with van der Waals surface area (Å²) in [7, 11) is 2.12. The largest absolute Gasteiger partial charge is 0.338 e. The van der Waals surface area contributed by atoms with Gasteiger partial charge in [-0.15, -0.1) is 0 Å². The molecular weight excluding hydrogens is 404 g/mol. The molecule has 0 atom stereocenters. The molecule has 0 saturated carbocycles. The number of aromatic nitrogens is 3. The van der Waals surface area contributed by atoms with Crippen LogP contribution < -0.4 is 15.5 Å². The maximum atomic E-state index is 11.2. The van der Waals surface area contributed by atoms with Crippen LogP contribution >= 0.6 is 0 Å². The fourth-order valence-electron chi connectivity index (χ4n) is 3.44. The van der Waals surface area contributed by atoms with Crippen molar-refractivity contribution in [1.82, 2.24) is 19.9 Å². The third-order valence-electron chi connectivity index (χ3n) is 5.20. The Morgan fingerprint density at radius 1 is 1.03 bits per heavy atom. The van der Waals surface area contributed by atoms with Crippen LogP contribution in [0.1, 0.15) is 25.2 Å². The second-order valence-corrected chi connectivity index (χ2v) is 8.06. The molecule has 2 aliphatic rings. The van der Waals surface area contributed by atoms with E-state index in [4.69, 9.17) is 0 Å². The number of carbonyl (C=O) groups excluding carboxylic acids is 1. The summed E-state index contributed by atoms with van der Waals surface area (Å²) in [6.07, 6.45) is 5.82. The second kappa shape index (κ2) is 9.69. The quantitative estimate of drug-likeness (QED) is 0.749. The molecule has 9 heteroatoms. The van der Waals surface area contributed by atoms with Crippen molar-refractivity contribution in [1.29, 1.82) is 0 Å². The first kappa shape index (κ1) is 21.6. The summed E-state index contributed by atoms with van der Waals surface area (Å²) in [6, 6.07) is 7.60. The number of amidine groups is 1. The maximum Gasteiger partial charge on any atom is 0.233 e. The minimum Gasteiger partial charge on any atom is -0.338 e. The Hall–Kier alpha value is -3.59. The first-order valence-electron chi connectivity index (χ1n) is 10.7. The number of hydrogen-bond donors (Lipinski definition) is 2. The van der Waals surface area contributed by atoms with Gasteiger partial charge in [-0.05, 0) is 49.4 Å². The van der Waals surface area contributed by atoms with Crippen molar-refractivity contribution in [3.8, 4) is 0 Å². The molecule has 2 N–H and O–H groups in total. The van der Waals surface area contributed by atoms with Gasteiger partial charge in [0.05, 0.1) is 6.54 Å². The van der Waals surface area contributed by atoms with Crippen molar-refractivity contribution < 1.29 is 4.79 Å². The van der Waals surface area contributed by atoms with Gasteiger partial charge in [-0.25, -0.2) is 0 Å². The molecule has 1 saturated heterocycles. The van der Waals surface area contributed by atoms with Gasteiger partial charge in [-0.3, -0.25) is 9.79 Å². The molecule has 1 amide bonds. The third kappa shape index (κ3) is 5.76. The highest BCUT2D eigenvalue weighted by molar-refractivity contribution is 6.04. The number of piperazine rings is 1. The minimum absolute atomic E-state index is 0.0909. The standard InChI is InChI=1S/C23H28N8O/c1-16-14-21(24-15-16)27-22-26-20(28-23(29-22)31-12-10-30(3)11-13-31)9-6-18-4-7-19(8-5-18)25-17(2)32/h4-9,14H,10-13,15H2,1-3H3,(H,25,32)(H,24,26,27,28,29)/b9-6+. The Balaban J connectivity index is 1.56. The van der Waals surface area contributed by atoms with Crippen LogP contribution in [-0.2, 0) is 4.79 Å². The molecule has 32 heavy (non-hydrogen) atoms. The molecule has 166 valence electrons. The number of hydrogen-bond acceptors (Lipinski definition) is 8. The molecule has 1 aromatic carbocycles. The molecule has 2 aliphatic heterocycles. The number of anilines is 3. The van der Waals surface area contributed by atoms with Crippen molar-refractivity contribution in [2.75, 3.05) is 55.3 Å². The van der Waals surface area contributed by atoms with Gasteiger partial charge >= 0.3 is 0 Å². The zero-order chi connectivity index (χ0) is 22.5. The van der Waals surface area contributed by atoms with Gasteiger partial charge in [0.2, 0.25) is 17.8 Å². The SMILES string of the molecule is CC(=O)Nc1ccc(/C=C/c2nc(NC3=NCC(C)=C3)nc(N3CCN(C)CC3)n2)cc1. The lowest BCUT2D eigenvalue weighted by Gasteiger charge is -2.32. The number of rotatable bonds is 5. The number of likely N-dealkylation sites (N-methyl/N-ethyl adjacent to an activating group) is 1. The van der Waals surface area contributed by atoms with E-state index in [-0.39, 0.29) is 5.91 Å². The highest BCUT2D eigenvalue weighted by Gasteiger charge is 2.18. The summed E-state index contributed by atoms with van der Waals surface area (Å²) in [5, 5.41) is 5.99. The molecule has 1 fully saturated rings. The smallest absolute Gasteiger partial charge is 0.233 e. The number of aliphatic imine (C=N–C) groups is 1. The molecule has 1 aromatic heterocycles. The Labute approximate surface area is 188 Å². The van der Waals surface area contributed by atoms with Gasteiger partial charge in [0.1, 0.15) is 5.84 Å². The molecule has 0 aliphatic carbocycles. The fourth-order valence-corrected chi connectivity index (χ4v) is 3.44. The summed E-state index contributed by atoms with van der Waals surface area (Å²) in [6.45, 7) is 7.91. The minimum atomic E-state index is -0.0909. The monoisotopic (exact) mass is 432 g/mol. The molecule has 0 unspecified atom stereocenters. The first-order valence-corrected chi connectivity index (χ1v) is 10.7. The molecule has 4 rings (SSSR count). The summed E-state index contributed by atoms with van der Waals surface area (Å²) in [5.41, 5.74) is 2.94. The highest BCUT2D eigenvalue weighted by Crippen LogP contribution is 2.17. The number of amides is 1. The zero-order valence-corrected chi connectivity index (χ0v) is 18.7. The Kier molecular flexibility index (Phi) is 6.55. The summed E-state index contributed by atoms with van der Waals surface area (Å²) in [4.78, 5) is 34.1. The van der Waals surface area contributed by atoms with Gasteiger partial charge < -0.3 is 20.4 Å². The van der Waals surface area contributed by atoms with Crippen molar-refractivity contribution in [3.05, 3.63) is 47.3 Å². The van der Waals surface area contributed by atoms with Crippen LogP contribution in [0.15, 0.2) is 40.9 Å². The van der Waals surface area contributed by atoms with Crippen LogP contribution in [0.4, 0.5) is 17.6 Å². The van der Waals surface area contributed by atoms with E-state index < -0.39 is 0 Å². The van der Waals surface area contributed by atoms with Crippen molar-refractivity contribution in [2.45, 2.75) is 13.8 Å². The lowest BCUT2D eigenvalue weighted by Crippen LogP contribution is -2.45. The highest BCUT2D eigenvalue weighted by atomic mass is 16.1. The molecular formula is C23H28N8O. The van der Waals surface area contributed by atoms with Gasteiger partial charge in [-0.2, -0.15) is 15.0 Å². The summed E-state index contributed by atoms with van der Waals surface area (Å²) < 4.78 is 0. The normalized spacial score (nSPS) is 16.8. The van der Waals surface area contributed by atoms with Gasteiger partial charge in [0, 0.05) is 38.8 Å². The van der Waals surface area contributed by atoms with Crippen LogP contribution in [-0.4, -0.2) is 71.4 Å². The lowest BCUT2D eigenvalue weighted by molar-refractivity contribution is -0.114. The molecule has 0 radical (unpaired) electrons. The topological polar surface area (TPSA) is 98.6 Å². The Morgan fingerprint density at radius 2 is 1.78 bits per heavy atom. The van der Waals surface area contributed by atoms with E-state index in [0.717, 1.165) is 43.3 Å². The number of nitrogens with zero attached hydrogens (tertiary/aromatic N) is 6. The first-order chi connectivity index (χ1) is 15.4. The number of benzene rings is 1. The van der Waals surface area contributed by atoms with E-state index in [1.807, 2.05) is 49.4 Å². The zero-order valence-electron chi connectivity index (χ0n) is 18.7. The molecule has 9 nitrogen and oxygen atoms in total. The Morgan fingerprint density at radius 3 is 2.44 bits per heavy atom. The molecule has 0 bridgehead atoms. The third-order valence-corrected chi connectivity index (χ3v) is 5.20. The average Bonchev–Trinajstić information content (AvgIpc) is 3.17. The predicted molar refractivity (Wildman–Crippen MR) is 129 cm³/mol. The van der Waals surface area contributed by atoms with Crippen LogP contribution in [0, 0.1) is 0 Å². The number of nitrogens with one attached hydrogen (secondary N) is 2. The van der Waals surface area contributed by atoms with E-state index in [2.05, 4.69) is 47.4 Å². The summed E-state index contributed by atoms with van der Waals surface area (Å²) >= 11 is 0. The van der Waals surface area contributed by atoms with E-state index >= 15 is 0 Å². The van der Waals surface area contributed by atoms with Gasteiger partial charge in [0.15, 0.2) is 5.82 Å². The molecule has 2 aromatic rings. The second-order valence-electron chi connectivity index (χ2n) is 8.06. The van der Waals surface area contributed by atoms with Crippen LogP contribution in [0.2, 0.25) is 0 Å². The average molecular weight is 433 g/mol. The Bertz CT molecular complexity index is 1070. The van der Waals surface area contributed by atoms with Gasteiger partial charge in [0.25, 0.3) is 0 Å². The predicted octanol–water partition coefficient (Wildman–Crippen LogP) is 2.52. The van der Waals surface area contributed by atoms with Crippen LogP contribution in [0.25, 0.3) is 12.2 Å². The van der Waals surface area contributed by atoms with Crippen molar-refractivity contribution in [3.63, 3.8) is 0 Å². The van der Waals surface area contributed by atoms with Crippen LogP contribution in [0.5, 0.6) is 0 Å². The number of carbonyl (C=O) groups is 1. The lowest BCUT2D eigenvalue weighted by atomic mass is 10.2. The van der Waals surface area contributed by atoms with E-state index in [1.165, 1.54) is 12.5 Å². The molecule has 3 heterocycles.